The van der Waals surface area contributed by atoms with E-state index in [2.05, 4.69) is 24.1 Å². The fraction of sp³-hybridized carbons (Fsp3) is 0. The Morgan fingerprint density at radius 2 is 0.893 bits per heavy atom. The van der Waals surface area contributed by atoms with Crippen molar-refractivity contribution in [2.75, 3.05) is 0 Å². The van der Waals surface area contributed by atoms with Crippen molar-refractivity contribution in [3.63, 3.8) is 0 Å². The first-order chi connectivity index (χ1) is 13.7. The Morgan fingerprint density at radius 3 is 1.29 bits per heavy atom. The first kappa shape index (κ1) is 18.5. The molecule has 0 spiro atoms. The van der Waals surface area contributed by atoms with Crippen LogP contribution in [0.4, 0.5) is 0 Å². The van der Waals surface area contributed by atoms with Crippen LogP contribution in [0.1, 0.15) is 31.8 Å². The summed E-state index contributed by atoms with van der Waals surface area (Å²) in [5, 5.41) is 0. The molecule has 0 N–H and O–H groups in total. The van der Waals surface area contributed by atoms with Gasteiger partial charge in [-0.15, -0.1) is 0 Å². The minimum absolute atomic E-state index is 0.0522. The number of hydrogen-bond acceptors (Lipinski definition) is 4. The van der Waals surface area contributed by atoms with Crippen LogP contribution < -0.4 is 0 Å². The lowest BCUT2D eigenvalue weighted by Gasteiger charge is -2.03. The fourth-order valence-electron chi connectivity index (χ4n) is 2.25. The smallest absolute Gasteiger partial charge is 0.352 e. The van der Waals surface area contributed by atoms with Gasteiger partial charge in [0.05, 0.1) is 11.1 Å². The zero-order valence-electron chi connectivity index (χ0n) is 14.7. The molecule has 0 heterocycles. The molecule has 0 bridgehead atoms. The summed E-state index contributed by atoms with van der Waals surface area (Å²) in [5.74, 6) is 3.94. The maximum atomic E-state index is 12.3. The molecule has 0 saturated carbocycles. The van der Waals surface area contributed by atoms with E-state index < -0.39 is 11.9 Å². The van der Waals surface area contributed by atoms with Gasteiger partial charge in [-0.1, -0.05) is 48.5 Å². The molecule has 0 aromatic heterocycles. The van der Waals surface area contributed by atoms with Crippen LogP contribution in [0.25, 0.3) is 0 Å². The van der Waals surface area contributed by atoms with Gasteiger partial charge in [-0.05, 0) is 48.2 Å². The quantitative estimate of drug-likeness (QED) is 0.508. The monoisotopic (exact) mass is 366 g/mol. The van der Waals surface area contributed by atoms with Crippen LogP contribution in [-0.2, 0) is 9.47 Å². The fourth-order valence-corrected chi connectivity index (χ4v) is 2.25. The lowest BCUT2D eigenvalue weighted by Crippen LogP contribution is -2.11. The third kappa shape index (κ3) is 5.11. The van der Waals surface area contributed by atoms with E-state index in [4.69, 9.17) is 9.47 Å². The lowest BCUT2D eigenvalue weighted by molar-refractivity contribution is 0.0646. The van der Waals surface area contributed by atoms with Gasteiger partial charge in [0, 0.05) is 11.1 Å². The van der Waals surface area contributed by atoms with Gasteiger partial charge in [0.25, 0.3) is 0 Å². The van der Waals surface area contributed by atoms with Crippen molar-refractivity contribution in [3.05, 3.63) is 107 Å². The van der Waals surface area contributed by atoms with Crippen LogP contribution in [-0.4, -0.2) is 11.9 Å². The van der Waals surface area contributed by atoms with Gasteiger partial charge in [0.2, 0.25) is 0 Å². The molecule has 3 rings (SSSR count). The normalized spacial score (nSPS) is 9.14. The van der Waals surface area contributed by atoms with Crippen LogP contribution >= 0.6 is 0 Å². The number of esters is 2. The van der Waals surface area contributed by atoms with E-state index >= 15 is 0 Å². The number of ether oxygens (including phenoxy) is 2. The first-order valence-electron chi connectivity index (χ1n) is 8.37. The summed E-state index contributed by atoms with van der Waals surface area (Å²) >= 11 is 0. The van der Waals surface area contributed by atoms with Crippen molar-refractivity contribution in [2.45, 2.75) is 0 Å². The largest absolute Gasteiger partial charge is 0.368 e. The summed E-state index contributed by atoms with van der Waals surface area (Å²) in [7, 11) is 0. The number of carbonyl (C=O) groups excluding carboxylic acids is 2. The molecule has 0 aliphatic rings. The van der Waals surface area contributed by atoms with Gasteiger partial charge in [-0.25, -0.2) is 9.59 Å². The third-order valence-corrected chi connectivity index (χ3v) is 3.59. The zero-order valence-corrected chi connectivity index (χ0v) is 14.7. The second-order valence-corrected chi connectivity index (χ2v) is 5.51. The van der Waals surface area contributed by atoms with E-state index in [0.717, 1.165) is 0 Å². The summed E-state index contributed by atoms with van der Waals surface area (Å²) in [6.07, 6.45) is 4.70. The zero-order chi connectivity index (χ0) is 19.6. The topological polar surface area (TPSA) is 52.6 Å². The van der Waals surface area contributed by atoms with Gasteiger partial charge in [-0.2, -0.15) is 0 Å². The Balaban J connectivity index is 1.70. The van der Waals surface area contributed by atoms with Crippen LogP contribution in [0.2, 0.25) is 0 Å². The van der Waals surface area contributed by atoms with Crippen molar-refractivity contribution in [1.82, 2.24) is 0 Å². The SMILES string of the molecule is O=C(OC#Cc1ccccc1)c1ccccc1C(=O)OC#Cc1ccccc1. The molecular formula is C24H14O4. The summed E-state index contributed by atoms with van der Waals surface area (Å²) in [4.78, 5) is 24.6. The molecule has 3 aromatic rings. The Morgan fingerprint density at radius 1 is 0.536 bits per heavy atom. The summed E-state index contributed by atoms with van der Waals surface area (Å²) in [6, 6.07) is 24.4. The predicted molar refractivity (Wildman–Crippen MR) is 104 cm³/mol. The highest BCUT2D eigenvalue weighted by atomic mass is 16.5. The molecular weight excluding hydrogens is 352 g/mol. The van der Waals surface area contributed by atoms with Gasteiger partial charge in [-0.3, -0.25) is 0 Å². The molecule has 4 nitrogen and oxygen atoms in total. The Bertz CT molecular complexity index is 1000. The van der Waals surface area contributed by atoms with Gasteiger partial charge >= 0.3 is 11.9 Å². The molecule has 0 amide bonds. The highest BCUT2D eigenvalue weighted by Gasteiger charge is 2.18. The maximum Gasteiger partial charge on any atom is 0.352 e. The van der Waals surface area contributed by atoms with E-state index in [0.29, 0.717) is 11.1 Å². The Hall–Kier alpha value is -4.28. The summed E-state index contributed by atoms with van der Waals surface area (Å²) in [5.41, 5.74) is 1.52. The van der Waals surface area contributed by atoms with Crippen molar-refractivity contribution >= 4 is 11.9 Å². The van der Waals surface area contributed by atoms with Crippen molar-refractivity contribution in [3.8, 4) is 24.1 Å². The second-order valence-electron chi connectivity index (χ2n) is 5.51. The number of carbonyl (C=O) groups is 2. The van der Waals surface area contributed by atoms with Crippen molar-refractivity contribution in [2.24, 2.45) is 0 Å². The van der Waals surface area contributed by atoms with Crippen LogP contribution in [0.5, 0.6) is 0 Å². The van der Waals surface area contributed by atoms with Crippen LogP contribution in [0.15, 0.2) is 84.9 Å². The predicted octanol–water partition coefficient (Wildman–Crippen LogP) is 4.02. The van der Waals surface area contributed by atoms with Crippen molar-refractivity contribution in [1.29, 1.82) is 0 Å². The van der Waals surface area contributed by atoms with E-state index in [1.165, 1.54) is 12.1 Å². The standard InChI is InChI=1S/C24H14O4/c25-23(27-17-15-19-9-3-1-4-10-19)21-13-7-8-14-22(21)24(26)28-18-16-20-11-5-2-6-12-20/h1-14H. The number of benzene rings is 3. The van der Waals surface area contributed by atoms with Gasteiger partial charge in [0.1, 0.15) is 12.2 Å². The Kier molecular flexibility index (Phi) is 6.23. The molecule has 3 aromatic carbocycles. The highest BCUT2D eigenvalue weighted by molar-refractivity contribution is 6.03. The lowest BCUT2D eigenvalue weighted by atomic mass is 10.1. The van der Waals surface area contributed by atoms with Gasteiger partial charge in [0.15, 0.2) is 0 Å². The molecule has 0 fully saturated rings. The maximum absolute atomic E-state index is 12.3. The molecule has 4 heteroatoms. The van der Waals surface area contributed by atoms with Crippen LogP contribution in [0.3, 0.4) is 0 Å². The average molecular weight is 366 g/mol. The Labute approximate surface area is 162 Å². The molecule has 0 atom stereocenters. The van der Waals surface area contributed by atoms with E-state index in [9.17, 15) is 9.59 Å². The minimum atomic E-state index is -0.744. The van der Waals surface area contributed by atoms with Crippen molar-refractivity contribution < 1.29 is 19.1 Å². The van der Waals surface area contributed by atoms with Gasteiger partial charge < -0.3 is 9.47 Å². The molecule has 134 valence electrons. The van der Waals surface area contributed by atoms with E-state index in [1.807, 2.05) is 36.4 Å². The third-order valence-electron chi connectivity index (χ3n) is 3.59. The highest BCUT2D eigenvalue weighted by Crippen LogP contribution is 2.12. The molecule has 0 radical (unpaired) electrons. The molecule has 28 heavy (non-hydrogen) atoms. The number of hydrogen-bond donors (Lipinski definition) is 0. The average Bonchev–Trinajstić information content (AvgIpc) is 2.75. The van der Waals surface area contributed by atoms with Crippen LogP contribution in [0, 0.1) is 24.1 Å². The molecule has 0 saturated heterocycles. The summed E-state index contributed by atoms with van der Waals surface area (Å²) < 4.78 is 9.91. The second kappa shape index (κ2) is 9.43. The van der Waals surface area contributed by atoms with E-state index in [-0.39, 0.29) is 11.1 Å². The minimum Gasteiger partial charge on any atom is -0.368 e. The first-order valence-corrected chi connectivity index (χ1v) is 8.37. The molecule has 0 aliphatic heterocycles. The molecule has 0 aliphatic carbocycles. The summed E-state index contributed by atoms with van der Waals surface area (Å²) in [6.45, 7) is 0. The molecule has 0 unspecified atom stereocenters. The van der Waals surface area contributed by atoms with E-state index in [1.54, 1.807) is 36.4 Å². The number of rotatable bonds is 2.